The number of aryl methyl sites for hydroxylation is 2. The molecule has 0 radical (unpaired) electrons. The van der Waals surface area contributed by atoms with Crippen LogP contribution in [0.4, 0.5) is 0 Å². The van der Waals surface area contributed by atoms with E-state index in [0.717, 1.165) is 65.0 Å². The van der Waals surface area contributed by atoms with Crippen LogP contribution in [0.1, 0.15) is 26.7 Å². The standard InChI is InChI=1S/C50H39N7/c1-3-55-42-19-11-8-16-37(42)39-30-34(26-28-44(39)55)48-52-47(53-49(54-48)35-27-29-45-40(31-35)38-17-9-12-20-43(38)56(45)4-2)32-22-24-33(25-23-32)50-51-41-18-10-13-21-46(41)57(50)36-14-6-5-7-15-36/h5-6,8-14,16-31H,3-4,7,15H2,1-2H3. The highest BCUT2D eigenvalue weighted by Crippen LogP contribution is 2.36. The van der Waals surface area contributed by atoms with E-state index in [4.69, 9.17) is 19.9 Å². The molecule has 7 heteroatoms. The monoisotopic (exact) mass is 737 g/mol. The maximum absolute atomic E-state index is 5.22. The Morgan fingerprint density at radius 2 is 0.965 bits per heavy atom. The molecule has 10 aromatic rings. The summed E-state index contributed by atoms with van der Waals surface area (Å²) in [4.78, 5) is 20.7. The molecular weight excluding hydrogens is 699 g/mol. The van der Waals surface area contributed by atoms with E-state index in [-0.39, 0.29) is 0 Å². The van der Waals surface area contributed by atoms with Crippen LogP contribution in [0.5, 0.6) is 0 Å². The first kappa shape index (κ1) is 33.2. The van der Waals surface area contributed by atoms with Gasteiger partial charge < -0.3 is 9.13 Å². The molecule has 0 amide bonds. The number of aromatic nitrogens is 7. The molecule has 6 aromatic carbocycles. The van der Waals surface area contributed by atoms with Gasteiger partial charge in [-0.15, -0.1) is 0 Å². The minimum absolute atomic E-state index is 0.627. The van der Waals surface area contributed by atoms with E-state index in [1.54, 1.807) is 0 Å². The minimum atomic E-state index is 0.627. The zero-order valence-corrected chi connectivity index (χ0v) is 31.9. The highest BCUT2D eigenvalue weighted by molar-refractivity contribution is 6.10. The van der Waals surface area contributed by atoms with Gasteiger partial charge in [0.15, 0.2) is 17.5 Å². The van der Waals surface area contributed by atoms with Gasteiger partial charge in [-0.2, -0.15) is 0 Å². The number of allylic oxidation sites excluding steroid dienone is 4. The van der Waals surface area contributed by atoms with E-state index >= 15 is 0 Å². The first-order valence-corrected chi connectivity index (χ1v) is 19.9. The van der Waals surface area contributed by atoms with Gasteiger partial charge >= 0.3 is 0 Å². The average molecular weight is 738 g/mol. The predicted molar refractivity (Wildman–Crippen MR) is 235 cm³/mol. The van der Waals surface area contributed by atoms with Gasteiger partial charge in [0.2, 0.25) is 0 Å². The summed E-state index contributed by atoms with van der Waals surface area (Å²) in [5, 5.41) is 4.84. The number of hydrogen-bond acceptors (Lipinski definition) is 4. The highest BCUT2D eigenvalue weighted by Gasteiger charge is 2.19. The molecule has 0 unspecified atom stereocenters. The first-order valence-electron chi connectivity index (χ1n) is 19.9. The van der Waals surface area contributed by atoms with Gasteiger partial charge in [-0.25, -0.2) is 19.9 Å². The molecule has 0 saturated carbocycles. The maximum atomic E-state index is 5.22. The molecule has 0 fully saturated rings. The molecule has 0 atom stereocenters. The Morgan fingerprint density at radius 1 is 0.474 bits per heavy atom. The van der Waals surface area contributed by atoms with Crippen LogP contribution in [-0.4, -0.2) is 33.6 Å². The minimum Gasteiger partial charge on any atom is -0.341 e. The smallest absolute Gasteiger partial charge is 0.164 e. The van der Waals surface area contributed by atoms with Crippen molar-refractivity contribution in [1.29, 1.82) is 0 Å². The Morgan fingerprint density at radius 3 is 1.53 bits per heavy atom. The largest absolute Gasteiger partial charge is 0.341 e. The summed E-state index contributed by atoms with van der Waals surface area (Å²) in [6, 6.07) is 47.4. The summed E-state index contributed by atoms with van der Waals surface area (Å²) < 4.78 is 7.06. The number of fused-ring (bicyclic) bond motifs is 7. The third-order valence-electron chi connectivity index (χ3n) is 11.6. The molecular formula is C50H39N7. The number of benzene rings is 6. The van der Waals surface area contributed by atoms with Crippen LogP contribution in [0.3, 0.4) is 0 Å². The second-order valence-corrected chi connectivity index (χ2v) is 14.8. The summed E-state index contributed by atoms with van der Waals surface area (Å²) >= 11 is 0. The summed E-state index contributed by atoms with van der Waals surface area (Å²) in [7, 11) is 0. The molecule has 1 aliphatic carbocycles. The SMILES string of the molecule is CCn1c2ccccc2c2cc(-c3nc(-c4ccc(-c5nc6ccccc6n5C5=CC=CCC5)cc4)nc(-c4ccc5c(c4)c4ccccc4n5CC)n3)ccc21. The number of imidazole rings is 1. The second kappa shape index (κ2) is 13.3. The second-order valence-electron chi connectivity index (χ2n) is 14.8. The molecule has 0 aliphatic heterocycles. The Labute approximate surface area is 329 Å². The van der Waals surface area contributed by atoms with Gasteiger partial charge in [0.25, 0.3) is 0 Å². The van der Waals surface area contributed by atoms with Gasteiger partial charge in [-0.05, 0) is 93.4 Å². The van der Waals surface area contributed by atoms with Crippen molar-refractivity contribution in [2.24, 2.45) is 0 Å². The van der Waals surface area contributed by atoms with Crippen molar-refractivity contribution in [2.45, 2.75) is 39.8 Å². The maximum Gasteiger partial charge on any atom is 0.164 e. The molecule has 11 rings (SSSR count). The summed E-state index contributed by atoms with van der Waals surface area (Å²) in [6.45, 7) is 6.18. The summed E-state index contributed by atoms with van der Waals surface area (Å²) in [6.07, 6.45) is 8.56. The van der Waals surface area contributed by atoms with E-state index in [2.05, 4.69) is 179 Å². The summed E-state index contributed by atoms with van der Waals surface area (Å²) in [5.74, 6) is 2.84. The van der Waals surface area contributed by atoms with Crippen LogP contribution in [-0.2, 0) is 13.1 Å². The van der Waals surface area contributed by atoms with Crippen molar-refractivity contribution in [1.82, 2.24) is 33.6 Å². The third-order valence-corrected chi connectivity index (χ3v) is 11.6. The molecule has 0 spiro atoms. The lowest BCUT2D eigenvalue weighted by atomic mass is 10.1. The van der Waals surface area contributed by atoms with Crippen molar-refractivity contribution < 1.29 is 0 Å². The topological polar surface area (TPSA) is 66.3 Å². The highest BCUT2D eigenvalue weighted by atomic mass is 15.1. The van der Waals surface area contributed by atoms with Gasteiger partial charge in [0.05, 0.1) is 11.0 Å². The number of rotatable bonds is 7. The van der Waals surface area contributed by atoms with Crippen molar-refractivity contribution in [3.05, 3.63) is 152 Å². The lowest BCUT2D eigenvalue weighted by molar-refractivity contribution is 0.827. The fourth-order valence-corrected chi connectivity index (χ4v) is 8.89. The van der Waals surface area contributed by atoms with E-state index in [9.17, 15) is 0 Å². The van der Waals surface area contributed by atoms with Crippen molar-refractivity contribution >= 4 is 60.3 Å². The predicted octanol–water partition coefficient (Wildman–Crippen LogP) is 12.3. The molecule has 274 valence electrons. The molecule has 4 heterocycles. The quantitative estimate of drug-likeness (QED) is 0.163. The molecule has 7 nitrogen and oxygen atoms in total. The van der Waals surface area contributed by atoms with Crippen LogP contribution < -0.4 is 0 Å². The molecule has 57 heavy (non-hydrogen) atoms. The zero-order valence-electron chi connectivity index (χ0n) is 31.9. The van der Waals surface area contributed by atoms with E-state index in [1.807, 2.05) is 0 Å². The van der Waals surface area contributed by atoms with Crippen molar-refractivity contribution in [3.8, 4) is 45.6 Å². The summed E-state index contributed by atoms with van der Waals surface area (Å²) in [5.41, 5.74) is 12.1. The fraction of sp³-hybridized carbons (Fsp3) is 0.120. The molecule has 0 N–H and O–H groups in total. The molecule has 0 saturated heterocycles. The Hall–Kier alpha value is -7.12. The van der Waals surface area contributed by atoms with Gasteiger partial charge in [-0.3, -0.25) is 4.57 Å². The molecule has 4 aromatic heterocycles. The van der Waals surface area contributed by atoms with Crippen LogP contribution in [0.15, 0.2) is 152 Å². The van der Waals surface area contributed by atoms with Crippen LogP contribution in [0, 0.1) is 0 Å². The van der Waals surface area contributed by atoms with Crippen LogP contribution in [0.2, 0.25) is 0 Å². The number of nitrogens with zero attached hydrogens (tertiary/aromatic N) is 7. The number of hydrogen-bond donors (Lipinski definition) is 0. The lowest BCUT2D eigenvalue weighted by Gasteiger charge is -2.15. The zero-order chi connectivity index (χ0) is 38.0. The van der Waals surface area contributed by atoms with Crippen LogP contribution in [0.25, 0.3) is 106 Å². The van der Waals surface area contributed by atoms with E-state index in [0.29, 0.717) is 17.5 Å². The van der Waals surface area contributed by atoms with Crippen LogP contribution >= 0.6 is 0 Å². The average Bonchev–Trinajstić information content (AvgIpc) is 3.93. The number of para-hydroxylation sites is 4. The van der Waals surface area contributed by atoms with E-state index < -0.39 is 0 Å². The Balaban J connectivity index is 1.08. The van der Waals surface area contributed by atoms with Gasteiger partial charge in [0, 0.05) is 84.7 Å². The Kier molecular flexibility index (Phi) is 7.74. The normalized spacial score (nSPS) is 13.1. The molecule has 0 bridgehead atoms. The van der Waals surface area contributed by atoms with Crippen molar-refractivity contribution in [3.63, 3.8) is 0 Å². The lowest BCUT2D eigenvalue weighted by Crippen LogP contribution is -2.02. The fourth-order valence-electron chi connectivity index (χ4n) is 8.89. The van der Waals surface area contributed by atoms with Gasteiger partial charge in [0.1, 0.15) is 5.82 Å². The third kappa shape index (κ3) is 5.34. The van der Waals surface area contributed by atoms with E-state index in [1.165, 1.54) is 49.3 Å². The molecule has 1 aliphatic rings. The first-order chi connectivity index (χ1) is 28.2. The van der Waals surface area contributed by atoms with Crippen molar-refractivity contribution in [2.75, 3.05) is 0 Å². The Bertz CT molecular complexity index is 3120. The van der Waals surface area contributed by atoms with Gasteiger partial charge in [-0.1, -0.05) is 84.9 Å².